The van der Waals surface area contributed by atoms with E-state index < -0.39 is 0 Å². The molecule has 0 spiro atoms. The number of ether oxygens (including phenoxy) is 2. The molecule has 0 aliphatic carbocycles. The first-order chi connectivity index (χ1) is 14.3. The van der Waals surface area contributed by atoms with Gasteiger partial charge in [-0.05, 0) is 56.9 Å². The first kappa shape index (κ1) is 21.3. The Hall–Kier alpha value is -2.38. The molecule has 1 aliphatic heterocycles. The predicted octanol–water partition coefficient (Wildman–Crippen LogP) is 3.07. The van der Waals surface area contributed by atoms with Gasteiger partial charge in [0.1, 0.15) is 0 Å². The Morgan fingerprint density at radius 1 is 1.34 bits per heavy atom. The number of guanidine groups is 1. The first-order valence-electron chi connectivity index (χ1n) is 10.6. The van der Waals surface area contributed by atoms with Gasteiger partial charge in [-0.25, -0.2) is 4.68 Å². The van der Waals surface area contributed by atoms with E-state index in [1.54, 1.807) is 6.20 Å². The highest BCUT2D eigenvalue weighted by atomic mass is 16.5. The van der Waals surface area contributed by atoms with E-state index in [1.165, 1.54) is 5.56 Å². The summed E-state index contributed by atoms with van der Waals surface area (Å²) >= 11 is 0. The summed E-state index contributed by atoms with van der Waals surface area (Å²) in [5.74, 6) is 0.829. The summed E-state index contributed by atoms with van der Waals surface area (Å²) in [5.41, 5.74) is 2.24. The highest BCUT2D eigenvalue weighted by Gasteiger charge is 2.13. The fraction of sp³-hybridized carbons (Fsp3) is 0.545. The number of benzene rings is 1. The number of aliphatic imine (C=N–C) groups is 1. The Morgan fingerprint density at radius 2 is 2.21 bits per heavy atom. The fourth-order valence-corrected chi connectivity index (χ4v) is 3.31. The Labute approximate surface area is 173 Å². The molecular weight excluding hydrogens is 366 g/mol. The molecule has 1 unspecified atom stereocenters. The van der Waals surface area contributed by atoms with Crippen LogP contribution in [0.3, 0.4) is 0 Å². The number of rotatable bonds is 9. The van der Waals surface area contributed by atoms with Crippen molar-refractivity contribution in [1.29, 1.82) is 0 Å². The van der Waals surface area contributed by atoms with Gasteiger partial charge in [-0.2, -0.15) is 5.10 Å². The Balaban J connectivity index is 1.49. The van der Waals surface area contributed by atoms with Crippen molar-refractivity contribution in [2.75, 3.05) is 32.9 Å². The van der Waals surface area contributed by atoms with Crippen LogP contribution in [0.4, 0.5) is 0 Å². The smallest absolute Gasteiger partial charge is 0.191 e. The van der Waals surface area contributed by atoms with Crippen molar-refractivity contribution in [3.05, 3.63) is 48.3 Å². The molecule has 3 rings (SSSR count). The summed E-state index contributed by atoms with van der Waals surface area (Å²) in [4.78, 5) is 4.71. The summed E-state index contributed by atoms with van der Waals surface area (Å²) in [6, 6.07) is 10.4. The van der Waals surface area contributed by atoms with Crippen LogP contribution < -0.4 is 10.6 Å². The lowest BCUT2D eigenvalue weighted by atomic mass is 10.1. The second-order valence-electron chi connectivity index (χ2n) is 7.21. The number of nitrogens with one attached hydrogen (secondary N) is 2. The summed E-state index contributed by atoms with van der Waals surface area (Å²) in [6.45, 7) is 8.16. The quantitative estimate of drug-likeness (QED) is 0.385. The van der Waals surface area contributed by atoms with Crippen molar-refractivity contribution < 1.29 is 9.47 Å². The third kappa shape index (κ3) is 6.87. The maximum atomic E-state index is 5.93. The zero-order valence-corrected chi connectivity index (χ0v) is 17.5. The van der Waals surface area contributed by atoms with Crippen LogP contribution in [-0.4, -0.2) is 54.8 Å². The average molecular weight is 400 g/mol. The van der Waals surface area contributed by atoms with Gasteiger partial charge in [0.2, 0.25) is 0 Å². The summed E-state index contributed by atoms with van der Waals surface area (Å²) in [6.07, 6.45) is 7.00. The third-order valence-corrected chi connectivity index (χ3v) is 4.93. The monoisotopic (exact) mass is 399 g/mol. The maximum absolute atomic E-state index is 5.93. The normalized spacial score (nSPS) is 16.6. The van der Waals surface area contributed by atoms with E-state index in [0.29, 0.717) is 6.10 Å². The second-order valence-corrected chi connectivity index (χ2v) is 7.21. The van der Waals surface area contributed by atoms with Crippen molar-refractivity contribution in [2.24, 2.45) is 4.99 Å². The molecule has 7 heteroatoms. The van der Waals surface area contributed by atoms with Gasteiger partial charge in [0.05, 0.1) is 17.8 Å². The zero-order valence-electron chi connectivity index (χ0n) is 17.5. The van der Waals surface area contributed by atoms with Crippen molar-refractivity contribution >= 4 is 5.96 Å². The van der Waals surface area contributed by atoms with Gasteiger partial charge in [0, 0.05) is 45.3 Å². The molecule has 158 valence electrons. The van der Waals surface area contributed by atoms with Gasteiger partial charge < -0.3 is 20.1 Å². The molecule has 1 fully saturated rings. The van der Waals surface area contributed by atoms with Crippen molar-refractivity contribution in [3.63, 3.8) is 0 Å². The average Bonchev–Trinajstić information content (AvgIpc) is 3.29. The lowest BCUT2D eigenvalue weighted by molar-refractivity contribution is -0.0318. The minimum atomic E-state index is 0.127. The van der Waals surface area contributed by atoms with Gasteiger partial charge in [-0.1, -0.05) is 12.1 Å². The molecule has 29 heavy (non-hydrogen) atoms. The Bertz CT molecular complexity index is 741. The van der Waals surface area contributed by atoms with E-state index >= 15 is 0 Å². The van der Waals surface area contributed by atoms with Gasteiger partial charge in [-0.3, -0.25) is 4.99 Å². The van der Waals surface area contributed by atoms with Crippen molar-refractivity contribution in [1.82, 2.24) is 20.4 Å². The zero-order chi connectivity index (χ0) is 20.3. The van der Waals surface area contributed by atoms with Crippen LogP contribution in [0.15, 0.2) is 47.7 Å². The van der Waals surface area contributed by atoms with Crippen LogP contribution in [0, 0.1) is 0 Å². The minimum absolute atomic E-state index is 0.127. The molecule has 1 atom stereocenters. The molecule has 0 amide bonds. The fourth-order valence-electron chi connectivity index (χ4n) is 3.31. The van der Waals surface area contributed by atoms with E-state index in [0.717, 1.165) is 63.8 Å². The van der Waals surface area contributed by atoms with Gasteiger partial charge in [-0.15, -0.1) is 0 Å². The summed E-state index contributed by atoms with van der Waals surface area (Å²) in [5, 5.41) is 11.1. The molecule has 1 aromatic heterocycles. The molecule has 0 bridgehead atoms. The van der Waals surface area contributed by atoms with E-state index in [2.05, 4.69) is 53.8 Å². The lowest BCUT2D eigenvalue weighted by Gasteiger charge is -2.22. The molecule has 7 nitrogen and oxygen atoms in total. The van der Waals surface area contributed by atoms with Crippen LogP contribution in [0.1, 0.15) is 44.7 Å². The molecule has 1 aromatic carbocycles. The van der Waals surface area contributed by atoms with Crippen LogP contribution in [0.5, 0.6) is 0 Å². The molecule has 0 radical (unpaired) electrons. The lowest BCUT2D eigenvalue weighted by Crippen LogP contribution is -2.38. The number of hydrogen-bond acceptors (Lipinski definition) is 4. The van der Waals surface area contributed by atoms with E-state index in [4.69, 9.17) is 14.5 Å². The number of nitrogens with zero attached hydrogens (tertiary/aromatic N) is 3. The van der Waals surface area contributed by atoms with Crippen LogP contribution in [-0.2, 0) is 9.47 Å². The van der Waals surface area contributed by atoms with E-state index in [1.807, 2.05) is 16.9 Å². The molecular formula is C22H33N5O2. The molecule has 1 saturated heterocycles. The molecule has 2 heterocycles. The highest BCUT2D eigenvalue weighted by Crippen LogP contribution is 2.16. The van der Waals surface area contributed by atoms with Gasteiger partial charge in [0.15, 0.2) is 5.96 Å². The third-order valence-electron chi connectivity index (χ3n) is 4.93. The Morgan fingerprint density at radius 3 is 2.97 bits per heavy atom. The van der Waals surface area contributed by atoms with E-state index in [-0.39, 0.29) is 6.04 Å². The molecule has 2 N–H and O–H groups in total. The topological polar surface area (TPSA) is 72.7 Å². The SMILES string of the molecule is CCNC(=NCCCOC1CCOCC1)NC(C)c1cccc(-n2cccn2)c1. The van der Waals surface area contributed by atoms with Crippen LogP contribution in [0.25, 0.3) is 5.69 Å². The highest BCUT2D eigenvalue weighted by molar-refractivity contribution is 5.80. The first-order valence-corrected chi connectivity index (χ1v) is 10.6. The van der Waals surface area contributed by atoms with Crippen molar-refractivity contribution in [3.8, 4) is 5.69 Å². The largest absolute Gasteiger partial charge is 0.381 e. The maximum Gasteiger partial charge on any atom is 0.191 e. The second kappa shape index (κ2) is 11.6. The Kier molecular flexibility index (Phi) is 8.52. The summed E-state index contributed by atoms with van der Waals surface area (Å²) < 4.78 is 13.2. The van der Waals surface area contributed by atoms with Gasteiger partial charge >= 0.3 is 0 Å². The molecule has 1 aliphatic rings. The van der Waals surface area contributed by atoms with Gasteiger partial charge in [0.25, 0.3) is 0 Å². The molecule has 2 aromatic rings. The van der Waals surface area contributed by atoms with Crippen LogP contribution >= 0.6 is 0 Å². The van der Waals surface area contributed by atoms with Crippen LogP contribution in [0.2, 0.25) is 0 Å². The standard InChI is InChI=1S/C22H33N5O2/c1-3-23-22(24-11-6-14-29-21-9-15-28-16-10-21)26-18(2)19-7-4-8-20(17-19)27-13-5-12-25-27/h4-5,7-8,12-13,17-18,21H,3,6,9-11,14-16H2,1-2H3,(H2,23,24,26). The number of hydrogen-bond donors (Lipinski definition) is 2. The molecule has 0 saturated carbocycles. The summed E-state index contributed by atoms with van der Waals surface area (Å²) in [7, 11) is 0. The van der Waals surface area contributed by atoms with Crippen molar-refractivity contribution in [2.45, 2.75) is 45.3 Å². The predicted molar refractivity (Wildman–Crippen MR) is 116 cm³/mol. The minimum Gasteiger partial charge on any atom is -0.381 e. The number of aromatic nitrogens is 2. The van der Waals surface area contributed by atoms with E-state index in [9.17, 15) is 0 Å².